The molecule has 0 saturated carbocycles. The molecule has 0 amide bonds. The lowest BCUT2D eigenvalue weighted by atomic mass is 10.1. The summed E-state index contributed by atoms with van der Waals surface area (Å²) in [6, 6.07) is 7.28. The highest BCUT2D eigenvalue weighted by Gasteiger charge is 2.19. The van der Waals surface area contributed by atoms with Crippen LogP contribution in [-0.2, 0) is 4.74 Å². The van der Waals surface area contributed by atoms with E-state index in [0.29, 0.717) is 6.61 Å². The summed E-state index contributed by atoms with van der Waals surface area (Å²) in [5, 5.41) is 0. The summed E-state index contributed by atoms with van der Waals surface area (Å²) >= 11 is 0. The molecule has 1 saturated heterocycles. The van der Waals surface area contributed by atoms with E-state index in [1.165, 1.54) is 6.08 Å². The van der Waals surface area contributed by atoms with Crippen LogP contribution in [0, 0.1) is 0 Å². The number of ether oxygens (including phenoxy) is 2. The van der Waals surface area contributed by atoms with Gasteiger partial charge in [-0.05, 0) is 36.6 Å². The second-order valence-corrected chi connectivity index (χ2v) is 3.80. The van der Waals surface area contributed by atoms with Crippen LogP contribution in [0.1, 0.15) is 18.4 Å². The molecule has 0 aliphatic carbocycles. The van der Waals surface area contributed by atoms with E-state index in [2.05, 4.69) is 0 Å². The lowest BCUT2D eigenvalue weighted by Gasteiger charge is -2.06. The molecular weight excluding hydrogens is 207 g/mol. The van der Waals surface area contributed by atoms with E-state index in [1.807, 2.05) is 24.3 Å². The molecule has 0 spiro atoms. The van der Waals surface area contributed by atoms with Crippen molar-refractivity contribution in [3.05, 3.63) is 35.7 Å². The number of hydrogen-bond acceptors (Lipinski definition) is 2. The summed E-state index contributed by atoms with van der Waals surface area (Å²) in [4.78, 5) is 0. The van der Waals surface area contributed by atoms with Crippen molar-refractivity contribution in [1.29, 1.82) is 0 Å². The Morgan fingerprint density at radius 3 is 2.75 bits per heavy atom. The molecule has 1 atom stereocenters. The number of methoxy groups -OCH3 is 1. The van der Waals surface area contributed by atoms with Gasteiger partial charge in [0.15, 0.2) is 0 Å². The zero-order valence-corrected chi connectivity index (χ0v) is 9.28. The Kier molecular flexibility index (Phi) is 3.57. The van der Waals surface area contributed by atoms with E-state index in [0.717, 1.165) is 24.2 Å². The van der Waals surface area contributed by atoms with E-state index in [4.69, 9.17) is 9.47 Å². The third-order valence-corrected chi connectivity index (χ3v) is 2.66. The molecule has 1 aliphatic heterocycles. The molecule has 1 unspecified atom stereocenters. The fourth-order valence-electron chi connectivity index (χ4n) is 1.75. The molecule has 3 heteroatoms. The molecule has 16 heavy (non-hydrogen) atoms. The molecule has 2 rings (SSSR count). The first-order valence-electron chi connectivity index (χ1n) is 5.42. The normalized spacial score (nSPS) is 21.1. The van der Waals surface area contributed by atoms with Crippen molar-refractivity contribution in [3.63, 3.8) is 0 Å². The Hall–Kier alpha value is -1.35. The second-order valence-electron chi connectivity index (χ2n) is 3.80. The molecule has 0 aromatic heterocycles. The molecule has 0 bridgehead atoms. The summed E-state index contributed by atoms with van der Waals surface area (Å²) in [6.07, 6.45) is 2.89. The van der Waals surface area contributed by atoms with Gasteiger partial charge in [0.25, 0.3) is 0 Å². The average Bonchev–Trinajstić information content (AvgIpc) is 2.83. The van der Waals surface area contributed by atoms with Crippen molar-refractivity contribution in [2.75, 3.05) is 13.7 Å². The maximum atomic E-state index is 13.7. The van der Waals surface area contributed by atoms with Gasteiger partial charge < -0.3 is 9.47 Å². The van der Waals surface area contributed by atoms with Crippen molar-refractivity contribution in [3.8, 4) is 5.75 Å². The molecule has 1 aromatic carbocycles. The average molecular weight is 222 g/mol. The van der Waals surface area contributed by atoms with Gasteiger partial charge >= 0.3 is 0 Å². The lowest BCUT2D eigenvalue weighted by Crippen LogP contribution is -2.04. The standard InChI is InChI=1S/C13H15FO2/c1-15-11-6-4-10(5-7-11)9-12(14)13-3-2-8-16-13/h4-7,9,13H,2-3,8H2,1H3/b12-9-. The highest BCUT2D eigenvalue weighted by molar-refractivity contribution is 5.53. The van der Waals surface area contributed by atoms with Crippen molar-refractivity contribution in [2.45, 2.75) is 18.9 Å². The maximum absolute atomic E-state index is 13.7. The summed E-state index contributed by atoms with van der Waals surface area (Å²) in [5.41, 5.74) is 0.828. The minimum Gasteiger partial charge on any atom is -0.497 e. The number of rotatable bonds is 3. The summed E-state index contributed by atoms with van der Waals surface area (Å²) in [7, 11) is 1.61. The van der Waals surface area contributed by atoms with Crippen LogP contribution in [0.2, 0.25) is 0 Å². The van der Waals surface area contributed by atoms with Crippen molar-refractivity contribution < 1.29 is 13.9 Å². The van der Waals surface area contributed by atoms with Gasteiger partial charge in [-0.2, -0.15) is 0 Å². The maximum Gasteiger partial charge on any atom is 0.129 e. The molecule has 1 aliphatic rings. The molecule has 0 radical (unpaired) electrons. The highest BCUT2D eigenvalue weighted by Crippen LogP contribution is 2.23. The fourth-order valence-corrected chi connectivity index (χ4v) is 1.75. The first-order valence-corrected chi connectivity index (χ1v) is 5.42. The largest absolute Gasteiger partial charge is 0.497 e. The minimum atomic E-state index is -0.345. The van der Waals surface area contributed by atoms with Crippen LogP contribution in [0.25, 0.3) is 6.08 Å². The Labute approximate surface area is 94.7 Å². The first-order chi connectivity index (χ1) is 7.79. The molecule has 86 valence electrons. The number of halogens is 1. The molecule has 1 heterocycles. The van der Waals surface area contributed by atoms with Crippen LogP contribution in [0.4, 0.5) is 4.39 Å². The van der Waals surface area contributed by atoms with Crippen LogP contribution < -0.4 is 4.74 Å². The number of benzene rings is 1. The van der Waals surface area contributed by atoms with Crippen LogP contribution >= 0.6 is 0 Å². The minimum absolute atomic E-state index is 0.192. The monoisotopic (exact) mass is 222 g/mol. The van der Waals surface area contributed by atoms with Gasteiger partial charge in [-0.1, -0.05) is 12.1 Å². The van der Waals surface area contributed by atoms with Gasteiger partial charge in [0, 0.05) is 6.61 Å². The van der Waals surface area contributed by atoms with E-state index in [1.54, 1.807) is 7.11 Å². The van der Waals surface area contributed by atoms with E-state index in [-0.39, 0.29) is 11.9 Å². The smallest absolute Gasteiger partial charge is 0.129 e. The zero-order chi connectivity index (χ0) is 11.4. The van der Waals surface area contributed by atoms with E-state index >= 15 is 0 Å². The second kappa shape index (κ2) is 5.12. The molecule has 1 fully saturated rings. The lowest BCUT2D eigenvalue weighted by molar-refractivity contribution is 0.120. The van der Waals surface area contributed by atoms with Crippen molar-refractivity contribution >= 4 is 6.08 Å². The van der Waals surface area contributed by atoms with E-state index in [9.17, 15) is 4.39 Å². The van der Waals surface area contributed by atoms with Crippen LogP contribution in [0.5, 0.6) is 5.75 Å². The molecule has 0 N–H and O–H groups in total. The first kappa shape index (κ1) is 11.1. The van der Waals surface area contributed by atoms with Gasteiger partial charge in [0.2, 0.25) is 0 Å². The quantitative estimate of drug-likeness (QED) is 0.782. The zero-order valence-electron chi connectivity index (χ0n) is 9.28. The van der Waals surface area contributed by atoms with Gasteiger partial charge in [-0.15, -0.1) is 0 Å². The van der Waals surface area contributed by atoms with Gasteiger partial charge in [0.05, 0.1) is 7.11 Å². The summed E-state index contributed by atoms with van der Waals surface area (Å²) < 4.78 is 24.0. The highest BCUT2D eigenvalue weighted by atomic mass is 19.1. The topological polar surface area (TPSA) is 18.5 Å². The molecule has 1 aromatic rings. The third-order valence-electron chi connectivity index (χ3n) is 2.66. The Bertz CT molecular complexity index is 364. The van der Waals surface area contributed by atoms with Crippen LogP contribution in [0.15, 0.2) is 30.1 Å². The van der Waals surface area contributed by atoms with Gasteiger partial charge in [0.1, 0.15) is 17.7 Å². The predicted molar refractivity (Wildman–Crippen MR) is 61.1 cm³/mol. The van der Waals surface area contributed by atoms with Gasteiger partial charge in [-0.3, -0.25) is 0 Å². The van der Waals surface area contributed by atoms with Crippen molar-refractivity contribution in [1.82, 2.24) is 0 Å². The number of hydrogen-bond donors (Lipinski definition) is 0. The Balaban J connectivity index is 2.08. The SMILES string of the molecule is COc1ccc(/C=C(\F)C2CCCO2)cc1. The van der Waals surface area contributed by atoms with Crippen LogP contribution in [0.3, 0.4) is 0 Å². The molecule has 2 nitrogen and oxygen atoms in total. The third kappa shape index (κ3) is 2.61. The van der Waals surface area contributed by atoms with Gasteiger partial charge in [-0.25, -0.2) is 4.39 Å². The Morgan fingerprint density at radius 1 is 1.44 bits per heavy atom. The van der Waals surface area contributed by atoms with E-state index < -0.39 is 0 Å². The summed E-state index contributed by atoms with van der Waals surface area (Å²) in [6.45, 7) is 0.661. The Morgan fingerprint density at radius 2 is 2.19 bits per heavy atom. The predicted octanol–water partition coefficient (Wildman–Crippen LogP) is 3.18. The van der Waals surface area contributed by atoms with Crippen molar-refractivity contribution in [2.24, 2.45) is 0 Å². The fraction of sp³-hybridized carbons (Fsp3) is 0.385. The molecular formula is C13H15FO2. The summed E-state index contributed by atoms with van der Waals surface area (Å²) in [5.74, 6) is 0.581. The van der Waals surface area contributed by atoms with Crippen LogP contribution in [-0.4, -0.2) is 19.8 Å².